The first-order valence-electron chi connectivity index (χ1n) is 4.15. The first kappa shape index (κ1) is 9.53. The molecular formula is C9H17BrO. The molecule has 1 fully saturated rings. The molecule has 0 spiro atoms. The standard InChI is InChI=1S/C9H17BrO/c1-8(2,11-3)6-9(7-10)4-5-9/h4-7H2,1-3H3. The molecule has 0 aliphatic heterocycles. The molecule has 0 amide bonds. The summed E-state index contributed by atoms with van der Waals surface area (Å²) in [6, 6.07) is 0. The van der Waals surface area contributed by atoms with Gasteiger partial charge in [0.1, 0.15) is 0 Å². The molecule has 2 heteroatoms. The largest absolute Gasteiger partial charge is 0.379 e. The third kappa shape index (κ3) is 2.45. The molecule has 0 atom stereocenters. The Balaban J connectivity index is 2.41. The van der Waals surface area contributed by atoms with E-state index < -0.39 is 0 Å². The number of alkyl halides is 1. The number of halogens is 1. The minimum Gasteiger partial charge on any atom is -0.379 e. The number of hydrogen-bond acceptors (Lipinski definition) is 1. The van der Waals surface area contributed by atoms with Crippen LogP contribution in [0, 0.1) is 5.41 Å². The highest BCUT2D eigenvalue weighted by atomic mass is 79.9. The van der Waals surface area contributed by atoms with Crippen molar-refractivity contribution in [3.63, 3.8) is 0 Å². The SMILES string of the molecule is COC(C)(C)CC1(CBr)CC1. The smallest absolute Gasteiger partial charge is 0.0628 e. The van der Waals surface area contributed by atoms with Crippen LogP contribution >= 0.6 is 15.9 Å². The van der Waals surface area contributed by atoms with Crippen molar-refractivity contribution < 1.29 is 4.74 Å². The zero-order valence-corrected chi connectivity index (χ0v) is 9.20. The van der Waals surface area contributed by atoms with Gasteiger partial charge in [-0.05, 0) is 38.5 Å². The molecule has 1 aliphatic carbocycles. The van der Waals surface area contributed by atoms with Gasteiger partial charge in [-0.25, -0.2) is 0 Å². The second-order valence-electron chi connectivity index (χ2n) is 4.27. The van der Waals surface area contributed by atoms with Crippen LogP contribution in [0.4, 0.5) is 0 Å². The zero-order chi connectivity index (χ0) is 8.54. The second-order valence-corrected chi connectivity index (χ2v) is 4.83. The van der Waals surface area contributed by atoms with Gasteiger partial charge in [0.15, 0.2) is 0 Å². The van der Waals surface area contributed by atoms with E-state index in [-0.39, 0.29) is 5.60 Å². The van der Waals surface area contributed by atoms with Crippen molar-refractivity contribution in [2.45, 2.75) is 38.7 Å². The molecule has 0 N–H and O–H groups in total. The lowest BCUT2D eigenvalue weighted by Crippen LogP contribution is -2.27. The lowest BCUT2D eigenvalue weighted by molar-refractivity contribution is 0.00117. The van der Waals surface area contributed by atoms with Crippen LogP contribution in [0.15, 0.2) is 0 Å². The van der Waals surface area contributed by atoms with Crippen molar-refractivity contribution in [3.05, 3.63) is 0 Å². The third-order valence-corrected chi connectivity index (χ3v) is 3.78. The van der Waals surface area contributed by atoms with Crippen molar-refractivity contribution in [3.8, 4) is 0 Å². The minimum atomic E-state index is 0.0598. The Kier molecular flexibility index (Phi) is 2.65. The normalized spacial score (nSPS) is 21.8. The van der Waals surface area contributed by atoms with Crippen LogP contribution < -0.4 is 0 Å². The molecular weight excluding hydrogens is 204 g/mol. The molecule has 66 valence electrons. The monoisotopic (exact) mass is 220 g/mol. The highest BCUT2D eigenvalue weighted by Crippen LogP contribution is 2.52. The molecule has 11 heavy (non-hydrogen) atoms. The number of hydrogen-bond donors (Lipinski definition) is 0. The predicted octanol–water partition coefficient (Wildman–Crippen LogP) is 2.98. The molecule has 0 radical (unpaired) electrons. The average Bonchev–Trinajstić information content (AvgIpc) is 2.69. The Labute approximate surface area is 77.6 Å². The van der Waals surface area contributed by atoms with Crippen LogP contribution in [-0.4, -0.2) is 18.0 Å². The van der Waals surface area contributed by atoms with Crippen molar-refractivity contribution in [1.29, 1.82) is 0 Å². The lowest BCUT2D eigenvalue weighted by Gasteiger charge is -2.27. The molecule has 0 heterocycles. The topological polar surface area (TPSA) is 9.23 Å². The molecule has 1 saturated carbocycles. The molecule has 0 aromatic heterocycles. The van der Waals surface area contributed by atoms with Gasteiger partial charge in [0.05, 0.1) is 5.60 Å². The fourth-order valence-corrected chi connectivity index (χ4v) is 2.27. The van der Waals surface area contributed by atoms with E-state index >= 15 is 0 Å². The maximum Gasteiger partial charge on any atom is 0.0628 e. The van der Waals surface area contributed by atoms with Crippen LogP contribution in [0.3, 0.4) is 0 Å². The third-order valence-electron chi connectivity index (χ3n) is 2.59. The quantitative estimate of drug-likeness (QED) is 0.663. The molecule has 0 saturated heterocycles. The fourth-order valence-electron chi connectivity index (χ4n) is 1.51. The summed E-state index contributed by atoms with van der Waals surface area (Å²) in [4.78, 5) is 0. The number of methoxy groups -OCH3 is 1. The Hall–Kier alpha value is 0.440. The zero-order valence-electron chi connectivity index (χ0n) is 7.61. The van der Waals surface area contributed by atoms with Crippen LogP contribution in [-0.2, 0) is 4.74 Å². The maximum atomic E-state index is 5.39. The van der Waals surface area contributed by atoms with Gasteiger partial charge in [0, 0.05) is 12.4 Å². The van der Waals surface area contributed by atoms with Crippen molar-refractivity contribution in [2.24, 2.45) is 5.41 Å². The van der Waals surface area contributed by atoms with E-state index in [4.69, 9.17) is 4.74 Å². The van der Waals surface area contributed by atoms with Gasteiger partial charge < -0.3 is 4.74 Å². The van der Waals surface area contributed by atoms with E-state index in [1.54, 1.807) is 7.11 Å². The molecule has 0 aromatic carbocycles. The van der Waals surface area contributed by atoms with E-state index in [1.807, 2.05) is 0 Å². The molecule has 1 rings (SSSR count). The highest BCUT2D eigenvalue weighted by Gasteiger charge is 2.45. The molecule has 1 aliphatic rings. The van der Waals surface area contributed by atoms with E-state index in [0.29, 0.717) is 5.41 Å². The molecule has 0 bridgehead atoms. The van der Waals surface area contributed by atoms with Crippen molar-refractivity contribution in [1.82, 2.24) is 0 Å². The first-order valence-corrected chi connectivity index (χ1v) is 5.27. The summed E-state index contributed by atoms with van der Waals surface area (Å²) in [6.07, 6.45) is 3.91. The van der Waals surface area contributed by atoms with Crippen molar-refractivity contribution >= 4 is 15.9 Å². The van der Waals surface area contributed by atoms with Gasteiger partial charge in [0.25, 0.3) is 0 Å². The summed E-state index contributed by atoms with van der Waals surface area (Å²) >= 11 is 3.56. The average molecular weight is 221 g/mol. The van der Waals surface area contributed by atoms with E-state index in [1.165, 1.54) is 19.3 Å². The summed E-state index contributed by atoms with van der Waals surface area (Å²) in [5.41, 5.74) is 0.629. The van der Waals surface area contributed by atoms with Crippen LogP contribution in [0.5, 0.6) is 0 Å². The van der Waals surface area contributed by atoms with E-state index in [0.717, 1.165) is 5.33 Å². The van der Waals surface area contributed by atoms with Gasteiger partial charge in [-0.3, -0.25) is 0 Å². The van der Waals surface area contributed by atoms with Crippen molar-refractivity contribution in [2.75, 3.05) is 12.4 Å². The van der Waals surface area contributed by atoms with Gasteiger partial charge >= 0.3 is 0 Å². The number of rotatable bonds is 4. The van der Waals surface area contributed by atoms with Crippen LogP contribution in [0.25, 0.3) is 0 Å². The van der Waals surface area contributed by atoms with Gasteiger partial charge in [-0.15, -0.1) is 0 Å². The highest BCUT2D eigenvalue weighted by molar-refractivity contribution is 9.09. The maximum absolute atomic E-state index is 5.39. The molecule has 0 unspecified atom stereocenters. The minimum absolute atomic E-state index is 0.0598. The lowest BCUT2D eigenvalue weighted by atomic mass is 9.92. The van der Waals surface area contributed by atoms with E-state index in [2.05, 4.69) is 29.8 Å². The van der Waals surface area contributed by atoms with E-state index in [9.17, 15) is 0 Å². The fraction of sp³-hybridized carbons (Fsp3) is 1.00. The Morgan fingerprint density at radius 2 is 2.00 bits per heavy atom. The van der Waals surface area contributed by atoms with Crippen LogP contribution in [0.1, 0.15) is 33.1 Å². The number of ether oxygens (including phenoxy) is 1. The van der Waals surface area contributed by atoms with Gasteiger partial charge in [-0.2, -0.15) is 0 Å². The van der Waals surface area contributed by atoms with Gasteiger partial charge in [0.2, 0.25) is 0 Å². The van der Waals surface area contributed by atoms with Gasteiger partial charge in [-0.1, -0.05) is 15.9 Å². The second kappa shape index (κ2) is 3.06. The Morgan fingerprint density at radius 1 is 1.45 bits per heavy atom. The molecule has 1 nitrogen and oxygen atoms in total. The summed E-state index contributed by atoms with van der Waals surface area (Å²) in [5, 5.41) is 1.13. The Morgan fingerprint density at radius 3 is 2.27 bits per heavy atom. The van der Waals surface area contributed by atoms with Crippen LogP contribution in [0.2, 0.25) is 0 Å². The Bertz CT molecular complexity index is 134. The molecule has 0 aromatic rings. The first-order chi connectivity index (χ1) is 5.04. The summed E-state index contributed by atoms with van der Waals surface area (Å²) in [7, 11) is 1.80. The summed E-state index contributed by atoms with van der Waals surface area (Å²) in [6.45, 7) is 4.32. The summed E-state index contributed by atoms with van der Waals surface area (Å²) < 4.78 is 5.39. The summed E-state index contributed by atoms with van der Waals surface area (Å²) in [5.74, 6) is 0. The predicted molar refractivity (Wildman–Crippen MR) is 51.2 cm³/mol.